The van der Waals surface area contributed by atoms with Crippen molar-refractivity contribution < 1.29 is 56.9 Å². The van der Waals surface area contributed by atoms with Gasteiger partial charge >= 0.3 is 37.0 Å². The molecule has 0 aromatic rings. The fourth-order valence-corrected chi connectivity index (χ4v) is 0. The minimum atomic E-state index is 0. The third-order valence-corrected chi connectivity index (χ3v) is 0. The Balaban J connectivity index is 0. The van der Waals surface area contributed by atoms with E-state index in [0.717, 1.165) is 0 Å². The van der Waals surface area contributed by atoms with Gasteiger partial charge in [0.1, 0.15) is 0 Å². The molecule has 0 aromatic carbocycles. The molecule has 6 heteroatoms. The molecule has 0 atom stereocenters. The number of hydrogen-bond acceptors (Lipinski definition) is 5. The van der Waals surface area contributed by atoms with Crippen LogP contribution in [0.5, 0.6) is 0 Å². The molecule has 0 aliphatic carbocycles. The minimum Gasteiger partial charge on any atom is -0.870 e. The van der Waals surface area contributed by atoms with Crippen LogP contribution in [0.1, 0.15) is 0 Å². The van der Waals surface area contributed by atoms with Gasteiger partial charge in [0, 0.05) is 0 Å². The smallest absolute Gasteiger partial charge is 0.870 e. The molecular formula is CH5NaO5. The third-order valence-electron chi connectivity index (χ3n) is 0. The molecule has 0 aliphatic rings. The Morgan fingerprint density at radius 2 is 0.429 bits per heavy atom. The molecule has 0 heterocycles. The molecule has 0 fully saturated rings. The largest absolute Gasteiger partial charge is 4.00 e. The second-order valence-corrected chi connectivity index (χ2v) is 0. The summed E-state index contributed by atoms with van der Waals surface area (Å²) in [5, 5.41) is 0. The summed E-state index contributed by atoms with van der Waals surface area (Å²) >= 11 is 0. The van der Waals surface area contributed by atoms with Gasteiger partial charge < -0.3 is 27.4 Å². The van der Waals surface area contributed by atoms with E-state index in [1.807, 2.05) is 0 Å². The SMILES string of the molecule is [C+4].[Na+].[OH-].[OH-].[OH-].[OH-].[OH-]. The van der Waals surface area contributed by atoms with E-state index in [1.165, 1.54) is 0 Å². The summed E-state index contributed by atoms with van der Waals surface area (Å²) in [5.41, 5.74) is 0. The van der Waals surface area contributed by atoms with Gasteiger partial charge in [0.05, 0.1) is 0 Å². The van der Waals surface area contributed by atoms with Crippen LogP contribution >= 0.6 is 0 Å². The first-order chi connectivity index (χ1) is 0. The van der Waals surface area contributed by atoms with Crippen LogP contribution < -0.4 is 29.6 Å². The van der Waals surface area contributed by atoms with Gasteiger partial charge in [-0.3, -0.25) is 0 Å². The van der Waals surface area contributed by atoms with Gasteiger partial charge in [-0.15, -0.1) is 0 Å². The summed E-state index contributed by atoms with van der Waals surface area (Å²) in [6.45, 7) is 0. The Labute approximate surface area is 64.6 Å². The zero-order valence-electron chi connectivity index (χ0n) is 3.74. The average molecular weight is 120 g/mol. The van der Waals surface area contributed by atoms with Crippen molar-refractivity contribution in [3.63, 3.8) is 0 Å². The summed E-state index contributed by atoms with van der Waals surface area (Å²) < 4.78 is 0. The molecule has 7 heavy (non-hydrogen) atoms. The maximum atomic E-state index is 0. The summed E-state index contributed by atoms with van der Waals surface area (Å²) in [4.78, 5) is 0. The van der Waals surface area contributed by atoms with Crippen molar-refractivity contribution in [1.82, 2.24) is 0 Å². The van der Waals surface area contributed by atoms with Crippen molar-refractivity contribution in [3.8, 4) is 0 Å². The van der Waals surface area contributed by atoms with Gasteiger partial charge in [0.2, 0.25) is 0 Å². The fourth-order valence-electron chi connectivity index (χ4n) is 0. The van der Waals surface area contributed by atoms with E-state index in [4.69, 9.17) is 0 Å². The zero-order valence-corrected chi connectivity index (χ0v) is 5.74. The summed E-state index contributed by atoms with van der Waals surface area (Å²) in [6.07, 6.45) is 0. The van der Waals surface area contributed by atoms with E-state index in [-0.39, 0.29) is 64.4 Å². The van der Waals surface area contributed by atoms with Crippen LogP contribution in [0.4, 0.5) is 0 Å². The molecule has 0 aliphatic heterocycles. The summed E-state index contributed by atoms with van der Waals surface area (Å²) in [7, 11) is 0. The van der Waals surface area contributed by atoms with Crippen LogP contribution in [0.25, 0.3) is 0 Å². The van der Waals surface area contributed by atoms with E-state index >= 15 is 0 Å². The van der Waals surface area contributed by atoms with Crippen molar-refractivity contribution in [2.45, 2.75) is 0 Å². The van der Waals surface area contributed by atoms with E-state index in [9.17, 15) is 0 Å². The third kappa shape index (κ3) is 245. The van der Waals surface area contributed by atoms with Crippen molar-refractivity contribution >= 4 is 0 Å². The van der Waals surface area contributed by atoms with Gasteiger partial charge in [0.15, 0.2) is 0 Å². The zero-order chi connectivity index (χ0) is 0. The molecule has 5 N–H and O–H groups in total. The van der Waals surface area contributed by atoms with Crippen LogP contribution in [-0.2, 0) is 0 Å². The van der Waals surface area contributed by atoms with Crippen LogP contribution in [0.2, 0.25) is 0 Å². The maximum absolute atomic E-state index is 0. The van der Waals surface area contributed by atoms with Crippen molar-refractivity contribution in [3.05, 3.63) is 7.43 Å². The standard InChI is InChI=1S/C.Na.5H2O/h;;5*1H2/q+4;+1;;;;;/p-5. The van der Waals surface area contributed by atoms with Gasteiger partial charge in [-0.1, -0.05) is 0 Å². The summed E-state index contributed by atoms with van der Waals surface area (Å²) in [6, 6.07) is 0. The normalized spacial score (nSPS) is 0. The molecule has 0 radical (unpaired) electrons. The first-order valence-corrected chi connectivity index (χ1v) is 0. The molecule has 0 saturated carbocycles. The van der Waals surface area contributed by atoms with Gasteiger partial charge in [-0.2, -0.15) is 0 Å². The van der Waals surface area contributed by atoms with Gasteiger partial charge in [0.25, 0.3) is 0 Å². The van der Waals surface area contributed by atoms with Gasteiger partial charge in [-0.25, -0.2) is 0 Å². The maximum Gasteiger partial charge on any atom is 4.00 e. The average Bonchev–Trinajstić information content (AvgIpc) is 0. The quantitative estimate of drug-likeness (QED) is 0.300. The Kier molecular flexibility index (Phi) is 28800. The molecule has 0 unspecified atom stereocenters. The Bertz CT molecular complexity index is 8.04. The van der Waals surface area contributed by atoms with Crippen molar-refractivity contribution in [2.75, 3.05) is 0 Å². The molecule has 0 rings (SSSR count). The first-order valence-electron chi connectivity index (χ1n) is 0. The van der Waals surface area contributed by atoms with E-state index < -0.39 is 0 Å². The molecule has 40 valence electrons. The second kappa shape index (κ2) is 357. The van der Waals surface area contributed by atoms with Gasteiger partial charge in [-0.05, 0) is 0 Å². The molecule has 0 bridgehead atoms. The topological polar surface area (TPSA) is 150 Å². The van der Waals surface area contributed by atoms with E-state index in [1.54, 1.807) is 0 Å². The molecule has 5 nitrogen and oxygen atoms in total. The monoisotopic (exact) mass is 120 g/mol. The summed E-state index contributed by atoms with van der Waals surface area (Å²) in [5.74, 6) is 0. The molecular weight excluding hydrogens is 115 g/mol. The van der Waals surface area contributed by atoms with Crippen molar-refractivity contribution in [1.29, 1.82) is 0 Å². The predicted octanol–water partition coefficient (Wildman–Crippen LogP) is -3.80. The Hall–Kier alpha value is 0.800. The van der Waals surface area contributed by atoms with E-state index in [2.05, 4.69) is 0 Å². The number of hydrogen-bond donors (Lipinski definition) is 0. The Morgan fingerprint density at radius 1 is 0.429 bits per heavy atom. The fraction of sp³-hybridized carbons (Fsp3) is 0. The Morgan fingerprint density at radius 3 is 0.429 bits per heavy atom. The van der Waals surface area contributed by atoms with Crippen molar-refractivity contribution in [2.24, 2.45) is 0 Å². The molecule has 0 amide bonds. The van der Waals surface area contributed by atoms with E-state index in [0.29, 0.717) is 0 Å². The molecule has 0 aromatic heterocycles. The van der Waals surface area contributed by atoms with Crippen LogP contribution in [0, 0.1) is 7.43 Å². The molecule has 0 saturated heterocycles. The first kappa shape index (κ1) is 564. The predicted molar refractivity (Wildman–Crippen MR) is 12.9 cm³/mol. The number of rotatable bonds is 0. The molecule has 0 spiro atoms. The van der Waals surface area contributed by atoms with Crippen LogP contribution in [0.3, 0.4) is 0 Å². The minimum absolute atomic E-state index is 0. The van der Waals surface area contributed by atoms with Crippen LogP contribution in [-0.4, -0.2) is 27.4 Å². The van der Waals surface area contributed by atoms with Crippen LogP contribution in [0.15, 0.2) is 0 Å². The second-order valence-electron chi connectivity index (χ2n) is 0.